The highest BCUT2D eigenvalue weighted by Gasteiger charge is 2.21. The number of aryl methyl sites for hydroxylation is 2. The second-order valence-corrected chi connectivity index (χ2v) is 6.86. The Kier molecular flexibility index (Phi) is 5.15. The first-order valence-electron chi connectivity index (χ1n) is 7.96. The van der Waals surface area contributed by atoms with Gasteiger partial charge in [0, 0.05) is 37.7 Å². The van der Waals surface area contributed by atoms with Gasteiger partial charge in [-0.1, -0.05) is 11.8 Å². The number of piperidine rings is 1. The van der Waals surface area contributed by atoms with Crippen LogP contribution in [0.4, 0.5) is 0 Å². The van der Waals surface area contributed by atoms with E-state index >= 15 is 0 Å². The molecule has 0 aromatic carbocycles. The Morgan fingerprint density at radius 1 is 1.32 bits per heavy atom. The predicted molar refractivity (Wildman–Crippen MR) is 88.2 cm³/mol. The third kappa shape index (κ3) is 3.52. The van der Waals surface area contributed by atoms with Crippen molar-refractivity contribution in [2.45, 2.75) is 43.8 Å². The summed E-state index contributed by atoms with van der Waals surface area (Å²) in [5.41, 5.74) is 0. The van der Waals surface area contributed by atoms with Crippen molar-refractivity contribution in [3.05, 3.63) is 24.0 Å². The minimum Gasteiger partial charge on any atom is -0.335 e. The molecule has 1 fully saturated rings. The van der Waals surface area contributed by atoms with Gasteiger partial charge in [0.1, 0.15) is 11.6 Å². The van der Waals surface area contributed by atoms with Crippen LogP contribution in [0.25, 0.3) is 0 Å². The van der Waals surface area contributed by atoms with Gasteiger partial charge in [0.2, 0.25) is 0 Å². The molecular formula is C15H24N6S. The molecule has 0 spiro atoms. The van der Waals surface area contributed by atoms with Crippen LogP contribution in [0.2, 0.25) is 0 Å². The summed E-state index contributed by atoms with van der Waals surface area (Å²) in [4.78, 5) is 4.25. The van der Waals surface area contributed by atoms with Crippen LogP contribution in [0, 0.1) is 6.92 Å². The highest BCUT2D eigenvalue weighted by Crippen LogP contribution is 2.26. The molecule has 3 rings (SSSR count). The second-order valence-electron chi connectivity index (χ2n) is 5.79. The highest BCUT2D eigenvalue weighted by molar-refractivity contribution is 7.99. The van der Waals surface area contributed by atoms with Gasteiger partial charge in [0.25, 0.3) is 0 Å². The summed E-state index contributed by atoms with van der Waals surface area (Å²) in [6, 6.07) is 0. The standard InChI is InChI=1S/C15H24N6S/c1-12-17-8-10-21(12)9-3-11-22-15-19-18-14(20(15)2)13-4-6-16-7-5-13/h8,10,13,16H,3-7,9,11H2,1-2H3. The Morgan fingerprint density at radius 2 is 2.14 bits per heavy atom. The Labute approximate surface area is 135 Å². The monoisotopic (exact) mass is 320 g/mol. The van der Waals surface area contributed by atoms with E-state index in [2.05, 4.69) is 36.7 Å². The first-order chi connectivity index (χ1) is 10.8. The lowest BCUT2D eigenvalue weighted by Gasteiger charge is -2.21. The third-order valence-electron chi connectivity index (χ3n) is 4.27. The van der Waals surface area contributed by atoms with E-state index < -0.39 is 0 Å². The van der Waals surface area contributed by atoms with Crippen LogP contribution in [0.15, 0.2) is 17.6 Å². The Hall–Kier alpha value is -1.34. The van der Waals surface area contributed by atoms with Gasteiger partial charge in [-0.15, -0.1) is 10.2 Å². The molecule has 3 heterocycles. The van der Waals surface area contributed by atoms with Gasteiger partial charge < -0.3 is 14.5 Å². The number of aromatic nitrogens is 5. The summed E-state index contributed by atoms with van der Waals surface area (Å²) in [6.07, 6.45) is 7.33. The Bertz CT molecular complexity index is 599. The first kappa shape index (κ1) is 15.6. The zero-order chi connectivity index (χ0) is 15.4. The van der Waals surface area contributed by atoms with E-state index in [1.165, 1.54) is 0 Å². The number of nitrogens with one attached hydrogen (secondary N) is 1. The lowest BCUT2D eigenvalue weighted by molar-refractivity contribution is 0.434. The van der Waals surface area contributed by atoms with E-state index in [-0.39, 0.29) is 0 Å². The number of rotatable bonds is 6. The molecule has 0 radical (unpaired) electrons. The maximum atomic E-state index is 4.43. The van der Waals surface area contributed by atoms with Crippen molar-refractivity contribution >= 4 is 11.8 Å². The fraction of sp³-hybridized carbons (Fsp3) is 0.667. The van der Waals surface area contributed by atoms with Gasteiger partial charge in [-0.3, -0.25) is 0 Å². The molecule has 0 aliphatic carbocycles. The van der Waals surface area contributed by atoms with E-state index in [0.29, 0.717) is 5.92 Å². The zero-order valence-corrected chi connectivity index (χ0v) is 14.1. The van der Waals surface area contributed by atoms with E-state index in [0.717, 1.165) is 61.5 Å². The van der Waals surface area contributed by atoms with Crippen molar-refractivity contribution in [1.29, 1.82) is 0 Å². The van der Waals surface area contributed by atoms with Crippen molar-refractivity contribution < 1.29 is 0 Å². The normalized spacial score (nSPS) is 16.3. The van der Waals surface area contributed by atoms with Crippen molar-refractivity contribution in [3.8, 4) is 0 Å². The van der Waals surface area contributed by atoms with Crippen LogP contribution in [-0.4, -0.2) is 43.2 Å². The summed E-state index contributed by atoms with van der Waals surface area (Å²) in [5, 5.41) is 13.2. The van der Waals surface area contributed by atoms with Crippen LogP contribution >= 0.6 is 11.8 Å². The topological polar surface area (TPSA) is 60.6 Å². The summed E-state index contributed by atoms with van der Waals surface area (Å²) >= 11 is 1.80. The van der Waals surface area contributed by atoms with Crippen LogP contribution < -0.4 is 5.32 Å². The summed E-state index contributed by atoms with van der Waals surface area (Å²) in [7, 11) is 2.10. The van der Waals surface area contributed by atoms with Gasteiger partial charge in [-0.2, -0.15) is 0 Å². The lowest BCUT2D eigenvalue weighted by Crippen LogP contribution is -2.27. The average molecular weight is 320 g/mol. The highest BCUT2D eigenvalue weighted by atomic mass is 32.2. The minimum atomic E-state index is 0.557. The first-order valence-corrected chi connectivity index (χ1v) is 8.95. The maximum Gasteiger partial charge on any atom is 0.190 e. The molecule has 2 aromatic heterocycles. The summed E-state index contributed by atoms with van der Waals surface area (Å²) < 4.78 is 4.38. The van der Waals surface area contributed by atoms with Gasteiger partial charge in [-0.05, 0) is 39.3 Å². The van der Waals surface area contributed by atoms with E-state index in [1.54, 1.807) is 11.8 Å². The molecule has 1 saturated heterocycles. The quantitative estimate of drug-likeness (QED) is 0.651. The fourth-order valence-electron chi connectivity index (χ4n) is 2.93. The number of hydrogen-bond donors (Lipinski definition) is 1. The molecule has 7 heteroatoms. The van der Waals surface area contributed by atoms with Crippen molar-refractivity contribution in [2.75, 3.05) is 18.8 Å². The minimum absolute atomic E-state index is 0.557. The molecule has 22 heavy (non-hydrogen) atoms. The van der Waals surface area contributed by atoms with Crippen LogP contribution in [0.3, 0.4) is 0 Å². The van der Waals surface area contributed by atoms with Crippen LogP contribution in [0.5, 0.6) is 0 Å². The van der Waals surface area contributed by atoms with Crippen LogP contribution in [0.1, 0.15) is 36.8 Å². The second kappa shape index (κ2) is 7.28. The van der Waals surface area contributed by atoms with Crippen molar-refractivity contribution in [2.24, 2.45) is 7.05 Å². The molecule has 0 amide bonds. The Morgan fingerprint density at radius 3 is 2.86 bits per heavy atom. The van der Waals surface area contributed by atoms with E-state index in [1.807, 2.05) is 19.3 Å². The SMILES string of the molecule is Cc1nccn1CCCSc1nnc(C2CCNCC2)n1C. The number of nitrogens with zero attached hydrogens (tertiary/aromatic N) is 5. The molecule has 0 unspecified atom stereocenters. The predicted octanol–water partition coefficient (Wildman–Crippen LogP) is 1.97. The van der Waals surface area contributed by atoms with Crippen LogP contribution in [-0.2, 0) is 13.6 Å². The smallest absolute Gasteiger partial charge is 0.190 e. The molecule has 1 N–H and O–H groups in total. The average Bonchev–Trinajstić information content (AvgIpc) is 3.11. The molecule has 1 aliphatic rings. The zero-order valence-electron chi connectivity index (χ0n) is 13.3. The lowest BCUT2D eigenvalue weighted by atomic mass is 9.97. The Balaban J connectivity index is 1.50. The number of hydrogen-bond acceptors (Lipinski definition) is 5. The van der Waals surface area contributed by atoms with Gasteiger partial charge in [0.15, 0.2) is 5.16 Å². The summed E-state index contributed by atoms with van der Waals surface area (Å²) in [5.74, 6) is 3.84. The molecule has 0 saturated carbocycles. The molecular weight excluding hydrogens is 296 g/mol. The van der Waals surface area contributed by atoms with Gasteiger partial charge in [-0.25, -0.2) is 4.98 Å². The third-order valence-corrected chi connectivity index (χ3v) is 5.38. The van der Waals surface area contributed by atoms with Gasteiger partial charge in [0.05, 0.1) is 0 Å². The van der Waals surface area contributed by atoms with Gasteiger partial charge >= 0.3 is 0 Å². The molecule has 1 aliphatic heterocycles. The van der Waals surface area contributed by atoms with E-state index in [4.69, 9.17) is 0 Å². The van der Waals surface area contributed by atoms with Crippen molar-refractivity contribution in [3.63, 3.8) is 0 Å². The van der Waals surface area contributed by atoms with E-state index in [9.17, 15) is 0 Å². The summed E-state index contributed by atoms with van der Waals surface area (Å²) in [6.45, 7) is 5.23. The number of thioether (sulfide) groups is 1. The molecule has 0 bridgehead atoms. The number of imidazole rings is 1. The maximum absolute atomic E-state index is 4.43. The van der Waals surface area contributed by atoms with Crippen molar-refractivity contribution in [1.82, 2.24) is 29.6 Å². The largest absolute Gasteiger partial charge is 0.335 e. The molecule has 6 nitrogen and oxygen atoms in total. The fourth-order valence-corrected chi connectivity index (χ4v) is 3.77. The molecule has 120 valence electrons. The molecule has 2 aromatic rings. The molecule has 0 atom stereocenters.